The average molecular weight is 337 g/mol. The minimum atomic E-state index is -0.777. The number of likely N-dealkylation sites (tertiary alicyclic amines) is 1. The molecule has 24 heavy (non-hydrogen) atoms. The second-order valence-electron chi connectivity index (χ2n) is 7.68. The molecule has 6 heteroatoms. The highest BCUT2D eigenvalue weighted by atomic mass is 16.4. The predicted molar refractivity (Wildman–Crippen MR) is 91.9 cm³/mol. The van der Waals surface area contributed by atoms with E-state index in [-0.39, 0.29) is 18.6 Å². The standard InChI is InChI=1S/C18H31N3O3/c1-2-20(12-17(22)23)15-10-14(11-15)19-18(24)21-9-5-8-16(21)13-6-3-4-7-13/h13-16H,2-12H2,1H3,(H,19,24)(H,22,23). The van der Waals surface area contributed by atoms with Gasteiger partial charge < -0.3 is 15.3 Å². The van der Waals surface area contributed by atoms with E-state index in [1.807, 2.05) is 11.8 Å². The SMILES string of the molecule is CCN(CC(=O)O)C1CC(NC(=O)N2CCCC2C2CCCC2)C1. The Hall–Kier alpha value is -1.30. The Morgan fingerprint density at radius 1 is 1.17 bits per heavy atom. The van der Waals surface area contributed by atoms with Crippen LogP contribution in [0.3, 0.4) is 0 Å². The van der Waals surface area contributed by atoms with Crippen LogP contribution < -0.4 is 5.32 Å². The molecule has 0 aromatic carbocycles. The summed E-state index contributed by atoms with van der Waals surface area (Å²) in [6, 6.07) is 1.05. The Morgan fingerprint density at radius 2 is 1.88 bits per heavy atom. The Labute approximate surface area is 144 Å². The average Bonchev–Trinajstić information content (AvgIpc) is 3.17. The Balaban J connectivity index is 1.45. The van der Waals surface area contributed by atoms with Crippen LogP contribution in [0.4, 0.5) is 4.79 Å². The van der Waals surface area contributed by atoms with Crippen molar-refractivity contribution in [3.63, 3.8) is 0 Å². The molecule has 0 aromatic rings. The van der Waals surface area contributed by atoms with Gasteiger partial charge in [-0.3, -0.25) is 9.69 Å². The molecule has 2 N–H and O–H groups in total. The molecule has 2 amide bonds. The molecule has 0 spiro atoms. The van der Waals surface area contributed by atoms with Gasteiger partial charge in [0.1, 0.15) is 0 Å². The summed E-state index contributed by atoms with van der Waals surface area (Å²) in [7, 11) is 0. The lowest BCUT2D eigenvalue weighted by atomic mass is 9.85. The van der Waals surface area contributed by atoms with Gasteiger partial charge in [-0.05, 0) is 51.0 Å². The number of nitrogens with zero attached hydrogens (tertiary/aromatic N) is 2. The quantitative estimate of drug-likeness (QED) is 0.780. The highest BCUT2D eigenvalue weighted by Gasteiger charge is 2.39. The fourth-order valence-corrected chi connectivity index (χ4v) is 4.81. The fraction of sp³-hybridized carbons (Fsp3) is 0.889. The van der Waals surface area contributed by atoms with Crippen LogP contribution in [-0.2, 0) is 4.79 Å². The first-order chi connectivity index (χ1) is 11.6. The molecule has 0 radical (unpaired) electrons. The van der Waals surface area contributed by atoms with Gasteiger partial charge >= 0.3 is 12.0 Å². The molecule has 6 nitrogen and oxygen atoms in total. The number of urea groups is 1. The molecule has 1 atom stereocenters. The third kappa shape index (κ3) is 3.85. The number of hydrogen-bond donors (Lipinski definition) is 2. The summed E-state index contributed by atoms with van der Waals surface area (Å²) in [6.45, 7) is 3.72. The molecule has 1 saturated heterocycles. The lowest BCUT2D eigenvalue weighted by Crippen LogP contribution is -2.57. The molecule has 2 aliphatic carbocycles. The van der Waals surface area contributed by atoms with E-state index in [0.717, 1.165) is 38.8 Å². The van der Waals surface area contributed by atoms with Crippen LogP contribution in [-0.4, -0.2) is 64.7 Å². The minimum absolute atomic E-state index is 0.0950. The summed E-state index contributed by atoms with van der Waals surface area (Å²) in [4.78, 5) is 27.6. The maximum Gasteiger partial charge on any atom is 0.317 e. The van der Waals surface area contributed by atoms with Gasteiger partial charge in [0.05, 0.1) is 6.54 Å². The Bertz CT molecular complexity index is 458. The van der Waals surface area contributed by atoms with Gasteiger partial charge in [0, 0.05) is 24.7 Å². The van der Waals surface area contributed by atoms with Gasteiger partial charge in [-0.1, -0.05) is 19.8 Å². The number of aliphatic carboxylic acids is 1. The highest BCUT2D eigenvalue weighted by Crippen LogP contribution is 2.35. The molecule has 1 unspecified atom stereocenters. The second kappa shape index (κ2) is 7.72. The summed E-state index contributed by atoms with van der Waals surface area (Å²) in [5, 5.41) is 12.1. The number of carbonyl (C=O) groups excluding carboxylic acids is 1. The minimum Gasteiger partial charge on any atom is -0.480 e. The molecule has 3 aliphatic rings. The number of carboxylic acids is 1. The van der Waals surface area contributed by atoms with E-state index in [4.69, 9.17) is 5.11 Å². The number of nitrogens with one attached hydrogen (secondary N) is 1. The van der Waals surface area contributed by atoms with E-state index in [2.05, 4.69) is 10.2 Å². The number of amides is 2. The van der Waals surface area contributed by atoms with Gasteiger partial charge in [-0.25, -0.2) is 4.79 Å². The molecule has 1 heterocycles. The molecule has 3 fully saturated rings. The van der Waals surface area contributed by atoms with E-state index in [9.17, 15) is 9.59 Å². The molecular weight excluding hydrogens is 306 g/mol. The van der Waals surface area contributed by atoms with Gasteiger partial charge in [0.15, 0.2) is 0 Å². The topological polar surface area (TPSA) is 72.9 Å². The summed E-state index contributed by atoms with van der Waals surface area (Å²) >= 11 is 0. The van der Waals surface area contributed by atoms with E-state index in [1.165, 1.54) is 25.7 Å². The van der Waals surface area contributed by atoms with Crippen LogP contribution in [0.5, 0.6) is 0 Å². The Morgan fingerprint density at radius 3 is 2.50 bits per heavy atom. The van der Waals surface area contributed by atoms with Crippen molar-refractivity contribution >= 4 is 12.0 Å². The van der Waals surface area contributed by atoms with Crippen molar-refractivity contribution in [2.24, 2.45) is 5.92 Å². The maximum atomic E-state index is 12.6. The zero-order chi connectivity index (χ0) is 17.1. The zero-order valence-corrected chi connectivity index (χ0v) is 14.7. The van der Waals surface area contributed by atoms with E-state index < -0.39 is 5.97 Å². The molecule has 0 aromatic heterocycles. The zero-order valence-electron chi connectivity index (χ0n) is 14.7. The second-order valence-corrected chi connectivity index (χ2v) is 7.68. The van der Waals surface area contributed by atoms with Crippen molar-refractivity contribution in [3.8, 4) is 0 Å². The van der Waals surface area contributed by atoms with Gasteiger partial charge in [-0.2, -0.15) is 0 Å². The van der Waals surface area contributed by atoms with Gasteiger partial charge in [0.2, 0.25) is 0 Å². The maximum absolute atomic E-state index is 12.6. The first-order valence-electron chi connectivity index (χ1n) is 9.61. The molecule has 2 saturated carbocycles. The molecular formula is C18H31N3O3. The van der Waals surface area contributed by atoms with Crippen molar-refractivity contribution < 1.29 is 14.7 Å². The van der Waals surface area contributed by atoms with Gasteiger partial charge in [0.25, 0.3) is 0 Å². The summed E-state index contributed by atoms with van der Waals surface area (Å²) in [5.74, 6) is -0.0700. The lowest BCUT2D eigenvalue weighted by Gasteiger charge is -2.43. The number of hydrogen-bond acceptors (Lipinski definition) is 3. The van der Waals surface area contributed by atoms with Crippen LogP contribution in [0, 0.1) is 5.92 Å². The predicted octanol–water partition coefficient (Wildman–Crippen LogP) is 2.29. The van der Waals surface area contributed by atoms with Gasteiger partial charge in [-0.15, -0.1) is 0 Å². The van der Waals surface area contributed by atoms with E-state index >= 15 is 0 Å². The first-order valence-corrected chi connectivity index (χ1v) is 9.61. The normalized spacial score (nSPS) is 30.6. The van der Waals surface area contributed by atoms with Crippen LogP contribution in [0.15, 0.2) is 0 Å². The third-order valence-electron chi connectivity index (χ3n) is 6.21. The van der Waals surface area contributed by atoms with E-state index in [0.29, 0.717) is 18.0 Å². The number of carbonyl (C=O) groups is 2. The number of rotatable bonds is 6. The van der Waals surface area contributed by atoms with Crippen LogP contribution in [0.1, 0.15) is 58.3 Å². The summed E-state index contributed by atoms with van der Waals surface area (Å²) in [6.07, 6.45) is 9.22. The number of carboxylic acid groups (broad SMARTS) is 1. The van der Waals surface area contributed by atoms with E-state index in [1.54, 1.807) is 0 Å². The van der Waals surface area contributed by atoms with Crippen molar-refractivity contribution in [2.45, 2.75) is 76.4 Å². The summed E-state index contributed by atoms with van der Waals surface area (Å²) in [5.41, 5.74) is 0. The Kier molecular flexibility index (Phi) is 5.64. The highest BCUT2D eigenvalue weighted by molar-refractivity contribution is 5.75. The molecule has 3 rings (SSSR count). The fourth-order valence-electron chi connectivity index (χ4n) is 4.81. The third-order valence-corrected chi connectivity index (χ3v) is 6.21. The molecule has 0 bridgehead atoms. The van der Waals surface area contributed by atoms with Crippen LogP contribution >= 0.6 is 0 Å². The summed E-state index contributed by atoms with van der Waals surface area (Å²) < 4.78 is 0. The molecule has 136 valence electrons. The number of likely N-dealkylation sites (N-methyl/N-ethyl adjacent to an activating group) is 1. The van der Waals surface area contributed by atoms with Crippen LogP contribution in [0.2, 0.25) is 0 Å². The lowest BCUT2D eigenvalue weighted by molar-refractivity contribution is -0.139. The monoisotopic (exact) mass is 337 g/mol. The largest absolute Gasteiger partial charge is 0.480 e. The van der Waals surface area contributed by atoms with Crippen molar-refractivity contribution in [3.05, 3.63) is 0 Å². The van der Waals surface area contributed by atoms with Crippen molar-refractivity contribution in [1.82, 2.24) is 15.1 Å². The molecule has 1 aliphatic heterocycles. The smallest absolute Gasteiger partial charge is 0.317 e. The van der Waals surface area contributed by atoms with Crippen molar-refractivity contribution in [2.75, 3.05) is 19.6 Å². The van der Waals surface area contributed by atoms with Crippen LogP contribution in [0.25, 0.3) is 0 Å². The first kappa shape index (κ1) is 17.5. The van der Waals surface area contributed by atoms with Crippen molar-refractivity contribution in [1.29, 1.82) is 0 Å².